The Balaban J connectivity index is 0.000000173. The predicted octanol–water partition coefficient (Wildman–Crippen LogP) is 17.0. The fourth-order valence-corrected chi connectivity index (χ4v) is 20.3. The van der Waals surface area contributed by atoms with Gasteiger partial charge in [-0.05, 0) is 244 Å². The summed E-state index contributed by atoms with van der Waals surface area (Å²) < 4.78 is 94.4. The Kier molecular flexibility index (Phi) is 24.8. The lowest BCUT2D eigenvalue weighted by molar-refractivity contribution is -0.384. The Morgan fingerprint density at radius 2 is 0.918 bits per heavy atom. The zero-order valence-corrected chi connectivity index (χ0v) is 69.7. The lowest BCUT2D eigenvalue weighted by Gasteiger charge is -2.36. The second-order valence-corrected chi connectivity index (χ2v) is 36.5. The minimum absolute atomic E-state index is 0.0279. The van der Waals surface area contributed by atoms with Crippen LogP contribution in [-0.2, 0) is 39.0 Å². The summed E-state index contributed by atoms with van der Waals surface area (Å²) in [5.41, 5.74) is 10.6. The molecule has 4 unspecified atom stereocenters. The third-order valence-electron chi connectivity index (χ3n) is 25.4. The fourth-order valence-electron chi connectivity index (χ4n) is 18.4. The number of amides is 2. The van der Waals surface area contributed by atoms with Gasteiger partial charge in [0.05, 0.1) is 55.4 Å². The van der Waals surface area contributed by atoms with Crippen molar-refractivity contribution in [3.8, 4) is 23.0 Å². The number of fused-ring (bicyclic) bond motifs is 2. The molecule has 4 aliphatic carbocycles. The van der Waals surface area contributed by atoms with Crippen molar-refractivity contribution in [1.29, 1.82) is 0 Å². The number of aromatic nitrogens is 4. The Morgan fingerprint density at radius 3 is 1.30 bits per heavy atom. The molecular weight excluding hydrogens is 1590 g/mol. The monoisotopic (exact) mass is 1690 g/mol. The number of allylic oxidation sites excluding steroid dienone is 2. The van der Waals surface area contributed by atoms with E-state index in [0.29, 0.717) is 98.3 Å². The van der Waals surface area contributed by atoms with Gasteiger partial charge < -0.3 is 49.0 Å². The summed E-state index contributed by atoms with van der Waals surface area (Å²) in [4.78, 5) is 70.2. The number of hydrogen-bond acceptors (Lipinski definition) is 22. The molecule has 6 atom stereocenters. The van der Waals surface area contributed by atoms with Crippen LogP contribution in [0.15, 0.2) is 192 Å². The Labute approximate surface area is 708 Å². The minimum Gasteiger partial charge on any atom is -0.455 e. The number of nitrogens with zero attached hydrogens (tertiary/aromatic N) is 6. The van der Waals surface area contributed by atoms with Gasteiger partial charge in [0.2, 0.25) is 0 Å². The van der Waals surface area contributed by atoms with Gasteiger partial charge in [-0.1, -0.05) is 72.8 Å². The van der Waals surface area contributed by atoms with Crippen LogP contribution in [0, 0.1) is 32.1 Å². The molecule has 2 amide bonds. The van der Waals surface area contributed by atoms with E-state index >= 15 is 0 Å². The van der Waals surface area contributed by atoms with Crippen molar-refractivity contribution < 1.29 is 64.7 Å². The maximum Gasteiger partial charge on any atom is 0.293 e. The van der Waals surface area contributed by atoms with Crippen LogP contribution in [0.25, 0.3) is 33.2 Å². The number of nitro groups is 2. The second kappa shape index (κ2) is 36.5. The van der Waals surface area contributed by atoms with Crippen molar-refractivity contribution in [3.63, 3.8) is 0 Å². The largest absolute Gasteiger partial charge is 0.455 e. The van der Waals surface area contributed by atoms with Gasteiger partial charge in [0.25, 0.3) is 43.2 Å². The number of rotatable bonds is 28. The van der Waals surface area contributed by atoms with Crippen LogP contribution in [0.5, 0.6) is 23.0 Å². The predicted molar refractivity (Wildman–Crippen MR) is 463 cm³/mol. The third kappa shape index (κ3) is 18.9. The van der Waals surface area contributed by atoms with Gasteiger partial charge in [-0.15, -0.1) is 0 Å². The molecule has 8 aliphatic rings. The molecular formula is C92H100N12O16S2. The van der Waals surface area contributed by atoms with Crippen LogP contribution >= 0.6 is 0 Å². The van der Waals surface area contributed by atoms with Crippen molar-refractivity contribution in [2.24, 2.45) is 11.8 Å². The lowest BCUT2D eigenvalue weighted by atomic mass is 9.88. The van der Waals surface area contributed by atoms with Crippen LogP contribution in [0.4, 0.5) is 22.7 Å². The zero-order valence-electron chi connectivity index (χ0n) is 68.1. The number of pyridine rings is 2. The maximum absolute atomic E-state index is 13.9. The summed E-state index contributed by atoms with van der Waals surface area (Å²) in [6.45, 7) is 5.24. The summed E-state index contributed by atoms with van der Waals surface area (Å²) in [5, 5.41) is 32.0. The van der Waals surface area contributed by atoms with E-state index < -0.39 is 62.9 Å². The number of ether oxygens (including phenoxy) is 6. The Hall–Kier alpha value is -11.2. The van der Waals surface area contributed by atoms with Gasteiger partial charge in [-0.25, -0.2) is 36.2 Å². The molecule has 4 aliphatic heterocycles. The summed E-state index contributed by atoms with van der Waals surface area (Å²) >= 11 is 0. The van der Waals surface area contributed by atoms with Gasteiger partial charge in [-0.3, -0.25) is 39.6 Å². The highest BCUT2D eigenvalue weighted by Gasteiger charge is 2.43. The molecule has 6 fully saturated rings. The second-order valence-electron chi connectivity index (χ2n) is 33.1. The van der Waals surface area contributed by atoms with Crippen LogP contribution in [0.1, 0.15) is 181 Å². The number of likely N-dealkylation sites (tertiary alicyclic amines) is 2. The van der Waals surface area contributed by atoms with E-state index in [2.05, 4.69) is 110 Å². The molecule has 0 radical (unpaired) electrons. The van der Waals surface area contributed by atoms with Crippen molar-refractivity contribution in [2.75, 3.05) is 77.5 Å². The standard InChI is InChI=1S/2C46H50N6O8S/c2*1-58-36-24-42(39-5-3-2-4-38(39)31-6-7-31)51(28-36)34-11-8-30(9-12-34)32-10-14-40(44(23-32)60-35-22-33-16-19-47-45(33)49-27-35)46(53)50-61(56,57)37-13-15-41(43(25-37)52(54)55)48-26-29-17-20-59-21-18-29/h2*2-5,8,10,13-16,19,22-23,25,27,29,31,34,36,42,48H,6-7,9,11-12,17-18,20-21,24,26,28H2,1H3,(H,47,49)(H,50,53)/t2*34?,36-,42?/m10/s1. The normalized spacial score (nSPS) is 21.3. The number of methoxy groups -OCH3 is 2. The maximum atomic E-state index is 13.9. The van der Waals surface area contributed by atoms with E-state index in [9.17, 15) is 46.7 Å². The number of nitrogens with one attached hydrogen (secondary N) is 6. The lowest BCUT2D eigenvalue weighted by Crippen LogP contribution is -2.37. The molecule has 28 nitrogen and oxygen atoms in total. The summed E-state index contributed by atoms with van der Waals surface area (Å²) in [6.07, 6.45) is 26.9. The van der Waals surface area contributed by atoms with Crippen molar-refractivity contribution in [1.82, 2.24) is 39.2 Å². The molecule has 4 aromatic heterocycles. The van der Waals surface area contributed by atoms with Crippen molar-refractivity contribution >= 4 is 87.8 Å². The molecule has 636 valence electrons. The minimum atomic E-state index is -4.55. The first kappa shape index (κ1) is 83.1. The third-order valence-corrected chi connectivity index (χ3v) is 28.0. The average Bonchev–Trinajstić information content (AvgIpc) is 1.46. The number of H-pyrrole nitrogens is 2. The van der Waals surface area contributed by atoms with E-state index in [4.69, 9.17) is 28.4 Å². The number of benzene rings is 6. The van der Waals surface area contributed by atoms with E-state index in [1.54, 1.807) is 63.0 Å². The molecule has 30 heteroatoms. The smallest absolute Gasteiger partial charge is 0.293 e. The average molecular weight is 1690 g/mol. The number of anilines is 2. The van der Waals surface area contributed by atoms with Crippen LogP contribution in [-0.4, -0.2) is 159 Å². The van der Waals surface area contributed by atoms with Gasteiger partial charge >= 0.3 is 0 Å². The SMILES string of the molecule is CO[C@@H]1CC(c2ccccc2C2CC2)N(C2CC=C(c3ccc(C(=O)NS(=O)(=O)c4ccc(NCC5CCOCC5)c([N+](=O)[O-])c4)c(Oc4cnc5[nH]ccc5c4)c3)CC2)C1.CO[C@H]1CC(c2ccccc2C2CC2)N(C2CC=C(c3ccc(C(=O)NS(=O)(=O)c4ccc(NCC5CCOCC5)c([N+](=O)[O-])c4)c(Oc4cnc5[nH]ccc5c4)c3)CC2)C1. The molecule has 4 saturated heterocycles. The topological polar surface area (TPSA) is 356 Å². The molecule has 2 saturated carbocycles. The molecule has 6 aromatic carbocycles. The molecule has 6 N–H and O–H groups in total. The highest BCUT2D eigenvalue weighted by Crippen LogP contribution is 2.50. The summed E-state index contributed by atoms with van der Waals surface area (Å²) in [5.74, 6) is 0.971. The van der Waals surface area contributed by atoms with E-state index in [1.807, 2.05) is 24.3 Å². The molecule has 8 heterocycles. The Morgan fingerprint density at radius 1 is 0.508 bits per heavy atom. The number of nitro benzene ring substituents is 2. The number of hydrogen-bond donors (Lipinski definition) is 6. The molecule has 18 rings (SSSR count). The summed E-state index contributed by atoms with van der Waals surface area (Å²) in [6, 6.07) is 43.8. The quantitative estimate of drug-likeness (QED) is 0.0196. The van der Waals surface area contributed by atoms with E-state index in [1.165, 1.54) is 84.6 Å². The summed E-state index contributed by atoms with van der Waals surface area (Å²) in [7, 11) is -5.49. The number of carbonyl (C=O) groups excluding carboxylic acids is 2. The molecule has 0 spiro atoms. The van der Waals surface area contributed by atoms with Gasteiger partial charge in [0.15, 0.2) is 0 Å². The molecule has 122 heavy (non-hydrogen) atoms. The number of carbonyl (C=O) groups is 2. The Bertz CT molecular complexity index is 5520. The fraction of sp³-hybridized carbons (Fsp3) is 0.391. The van der Waals surface area contributed by atoms with Gasteiger partial charge in [0, 0.05) is 126 Å². The first-order chi connectivity index (χ1) is 59.3. The first-order valence-electron chi connectivity index (χ1n) is 42.2. The number of sulfonamides is 2. The van der Waals surface area contributed by atoms with E-state index in [-0.39, 0.29) is 58.0 Å². The molecule has 10 aromatic rings. The highest BCUT2D eigenvalue weighted by molar-refractivity contribution is 7.90. The highest BCUT2D eigenvalue weighted by atomic mass is 32.2. The van der Waals surface area contributed by atoms with Crippen molar-refractivity contribution in [2.45, 2.75) is 161 Å². The van der Waals surface area contributed by atoms with Crippen molar-refractivity contribution in [3.05, 3.63) is 247 Å². The zero-order chi connectivity index (χ0) is 84.2. The molecule has 0 bridgehead atoms. The van der Waals surface area contributed by atoms with Gasteiger partial charge in [0.1, 0.15) is 45.7 Å². The van der Waals surface area contributed by atoms with Crippen LogP contribution < -0.4 is 29.6 Å². The van der Waals surface area contributed by atoms with Crippen LogP contribution in [0.2, 0.25) is 0 Å². The van der Waals surface area contributed by atoms with E-state index in [0.717, 1.165) is 135 Å². The number of aromatic amines is 2. The van der Waals surface area contributed by atoms with Gasteiger partial charge in [-0.2, -0.15) is 0 Å². The first-order valence-corrected chi connectivity index (χ1v) is 45.2. The van der Waals surface area contributed by atoms with Crippen LogP contribution in [0.3, 0.4) is 0 Å².